The van der Waals surface area contributed by atoms with Gasteiger partial charge < -0.3 is 5.32 Å². The number of aromatic nitrogens is 3. The molecule has 1 saturated heterocycles. The first-order valence-electron chi connectivity index (χ1n) is 6.15. The molecule has 0 saturated carbocycles. The molecule has 1 aliphatic rings. The number of pyridine rings is 1. The van der Waals surface area contributed by atoms with Crippen LogP contribution in [0.2, 0.25) is 0 Å². The lowest BCUT2D eigenvalue weighted by Crippen LogP contribution is -2.28. The Labute approximate surface area is 100 Å². The predicted octanol–water partition coefficient (Wildman–Crippen LogP) is 0.525. The zero-order valence-electron chi connectivity index (χ0n) is 9.84. The van der Waals surface area contributed by atoms with Gasteiger partial charge in [-0.1, -0.05) is 6.07 Å². The van der Waals surface area contributed by atoms with Crippen molar-refractivity contribution >= 4 is 5.65 Å². The van der Waals surface area contributed by atoms with Crippen molar-refractivity contribution in [3.8, 4) is 0 Å². The number of fused-ring (bicyclic) bond motifs is 1. The summed E-state index contributed by atoms with van der Waals surface area (Å²) in [6, 6.07) is 5.99. The fraction of sp³-hybridized carbons (Fsp3) is 0.500. The Morgan fingerprint density at radius 3 is 3.18 bits per heavy atom. The Hall–Kier alpha value is -1.46. The lowest BCUT2D eigenvalue weighted by molar-refractivity contribution is 0.276. The molecule has 0 spiro atoms. The third kappa shape index (κ3) is 2.30. The highest BCUT2D eigenvalue weighted by atomic mass is 15.3. The molecule has 3 rings (SSSR count). The summed E-state index contributed by atoms with van der Waals surface area (Å²) in [5, 5.41) is 11.9. The highest BCUT2D eigenvalue weighted by molar-refractivity contribution is 5.36. The van der Waals surface area contributed by atoms with Gasteiger partial charge in [0.2, 0.25) is 0 Å². The second kappa shape index (κ2) is 4.81. The van der Waals surface area contributed by atoms with Gasteiger partial charge in [-0.25, -0.2) is 0 Å². The zero-order chi connectivity index (χ0) is 11.5. The topological polar surface area (TPSA) is 45.5 Å². The lowest BCUT2D eigenvalue weighted by atomic mass is 10.4. The second-order valence-electron chi connectivity index (χ2n) is 4.42. The number of hydrogen-bond donors (Lipinski definition) is 1. The Morgan fingerprint density at radius 1 is 1.18 bits per heavy atom. The van der Waals surface area contributed by atoms with Crippen molar-refractivity contribution in [3.05, 3.63) is 30.2 Å². The van der Waals surface area contributed by atoms with E-state index in [1.165, 1.54) is 6.42 Å². The summed E-state index contributed by atoms with van der Waals surface area (Å²) in [6.45, 7) is 5.29. The van der Waals surface area contributed by atoms with E-state index in [-0.39, 0.29) is 0 Å². The molecule has 1 N–H and O–H groups in total. The molecule has 0 aliphatic carbocycles. The molecule has 2 aromatic rings. The Morgan fingerprint density at radius 2 is 2.18 bits per heavy atom. The summed E-state index contributed by atoms with van der Waals surface area (Å²) >= 11 is 0. The first kappa shape index (κ1) is 10.7. The molecular weight excluding hydrogens is 214 g/mol. The molecule has 17 heavy (non-hydrogen) atoms. The minimum atomic E-state index is 0.882. The van der Waals surface area contributed by atoms with Crippen molar-refractivity contribution in [2.45, 2.75) is 13.0 Å². The van der Waals surface area contributed by atoms with E-state index in [1.807, 2.05) is 24.4 Å². The molecule has 0 radical (unpaired) electrons. The normalized spacial score (nSPS) is 18.4. The van der Waals surface area contributed by atoms with Gasteiger partial charge in [-0.3, -0.25) is 9.30 Å². The van der Waals surface area contributed by atoms with Gasteiger partial charge >= 0.3 is 0 Å². The minimum absolute atomic E-state index is 0.882. The van der Waals surface area contributed by atoms with Crippen LogP contribution in [0.3, 0.4) is 0 Å². The Bertz CT molecular complexity index is 484. The number of nitrogens with one attached hydrogen (secondary N) is 1. The summed E-state index contributed by atoms with van der Waals surface area (Å²) in [4.78, 5) is 2.43. The van der Waals surface area contributed by atoms with E-state index in [0.29, 0.717) is 0 Å². The van der Waals surface area contributed by atoms with Gasteiger partial charge in [-0.05, 0) is 31.6 Å². The molecule has 0 amide bonds. The van der Waals surface area contributed by atoms with Crippen LogP contribution in [-0.2, 0) is 6.54 Å². The summed E-state index contributed by atoms with van der Waals surface area (Å²) in [7, 11) is 0. The highest BCUT2D eigenvalue weighted by Gasteiger charge is 2.12. The zero-order valence-corrected chi connectivity index (χ0v) is 9.84. The average molecular weight is 231 g/mol. The van der Waals surface area contributed by atoms with Crippen molar-refractivity contribution in [2.75, 3.05) is 26.2 Å². The van der Waals surface area contributed by atoms with Crippen LogP contribution in [0.1, 0.15) is 12.2 Å². The number of nitrogens with zero attached hydrogens (tertiary/aromatic N) is 4. The maximum Gasteiger partial charge on any atom is 0.160 e. The fourth-order valence-corrected chi connectivity index (χ4v) is 2.26. The highest BCUT2D eigenvalue weighted by Crippen LogP contribution is 2.07. The van der Waals surface area contributed by atoms with Gasteiger partial charge in [0.25, 0.3) is 0 Å². The quantitative estimate of drug-likeness (QED) is 0.818. The first-order valence-corrected chi connectivity index (χ1v) is 6.15. The molecule has 1 aliphatic heterocycles. The molecule has 0 bridgehead atoms. The third-order valence-electron chi connectivity index (χ3n) is 3.18. The van der Waals surface area contributed by atoms with Crippen molar-refractivity contribution in [1.82, 2.24) is 24.8 Å². The van der Waals surface area contributed by atoms with Gasteiger partial charge in [0.05, 0.1) is 6.54 Å². The molecule has 0 atom stereocenters. The summed E-state index contributed by atoms with van der Waals surface area (Å²) in [5.74, 6) is 1.03. The number of hydrogen-bond acceptors (Lipinski definition) is 4. The van der Waals surface area contributed by atoms with Crippen LogP contribution in [0.15, 0.2) is 24.4 Å². The average Bonchev–Trinajstić information content (AvgIpc) is 2.59. The molecule has 5 nitrogen and oxygen atoms in total. The molecule has 3 heterocycles. The molecule has 2 aromatic heterocycles. The van der Waals surface area contributed by atoms with Crippen molar-refractivity contribution in [1.29, 1.82) is 0 Å². The predicted molar refractivity (Wildman–Crippen MR) is 65.8 cm³/mol. The number of rotatable bonds is 2. The third-order valence-corrected chi connectivity index (χ3v) is 3.18. The maximum atomic E-state index is 4.27. The van der Waals surface area contributed by atoms with Crippen LogP contribution in [0.4, 0.5) is 0 Å². The van der Waals surface area contributed by atoms with Crippen LogP contribution in [0, 0.1) is 0 Å². The van der Waals surface area contributed by atoms with Crippen LogP contribution >= 0.6 is 0 Å². The maximum absolute atomic E-state index is 4.27. The summed E-state index contributed by atoms with van der Waals surface area (Å²) in [6.07, 6.45) is 3.23. The SMILES string of the molecule is c1ccn2c(CN3CCCNCC3)nnc2c1. The molecule has 0 aromatic carbocycles. The van der Waals surface area contributed by atoms with Crippen LogP contribution < -0.4 is 5.32 Å². The van der Waals surface area contributed by atoms with Gasteiger partial charge in [0.15, 0.2) is 11.5 Å². The van der Waals surface area contributed by atoms with E-state index in [4.69, 9.17) is 0 Å². The van der Waals surface area contributed by atoms with E-state index in [2.05, 4.69) is 24.8 Å². The van der Waals surface area contributed by atoms with Crippen molar-refractivity contribution < 1.29 is 0 Å². The monoisotopic (exact) mass is 231 g/mol. The van der Waals surface area contributed by atoms with E-state index >= 15 is 0 Å². The standard InChI is InChI=1S/C12H17N5/c1-2-8-17-11(4-1)14-15-12(17)10-16-7-3-5-13-6-9-16/h1-2,4,8,13H,3,5-7,9-10H2. The van der Waals surface area contributed by atoms with E-state index in [9.17, 15) is 0 Å². The molecular formula is C12H17N5. The largest absolute Gasteiger partial charge is 0.315 e. The summed E-state index contributed by atoms with van der Waals surface area (Å²) in [5.41, 5.74) is 0.926. The fourth-order valence-electron chi connectivity index (χ4n) is 2.26. The lowest BCUT2D eigenvalue weighted by Gasteiger charge is -2.17. The van der Waals surface area contributed by atoms with Gasteiger partial charge in [-0.2, -0.15) is 0 Å². The molecule has 90 valence electrons. The second-order valence-corrected chi connectivity index (χ2v) is 4.42. The molecule has 1 fully saturated rings. The van der Waals surface area contributed by atoms with E-state index in [0.717, 1.165) is 44.2 Å². The van der Waals surface area contributed by atoms with E-state index in [1.54, 1.807) is 0 Å². The van der Waals surface area contributed by atoms with Gasteiger partial charge in [-0.15, -0.1) is 10.2 Å². The first-order chi connectivity index (χ1) is 8.43. The molecule has 5 heteroatoms. The molecule has 0 unspecified atom stereocenters. The van der Waals surface area contributed by atoms with Crippen LogP contribution in [0.5, 0.6) is 0 Å². The Balaban J connectivity index is 1.79. The minimum Gasteiger partial charge on any atom is -0.315 e. The van der Waals surface area contributed by atoms with Crippen LogP contribution in [0.25, 0.3) is 5.65 Å². The van der Waals surface area contributed by atoms with Crippen molar-refractivity contribution in [3.63, 3.8) is 0 Å². The van der Waals surface area contributed by atoms with Crippen molar-refractivity contribution in [2.24, 2.45) is 0 Å². The van der Waals surface area contributed by atoms with Gasteiger partial charge in [0, 0.05) is 19.3 Å². The van der Waals surface area contributed by atoms with Crippen LogP contribution in [-0.4, -0.2) is 45.7 Å². The van der Waals surface area contributed by atoms with E-state index < -0.39 is 0 Å². The Kier molecular flexibility index (Phi) is 3.02. The summed E-state index contributed by atoms with van der Waals surface area (Å²) < 4.78 is 2.07. The van der Waals surface area contributed by atoms with Gasteiger partial charge in [0.1, 0.15) is 0 Å². The smallest absolute Gasteiger partial charge is 0.160 e.